The Hall–Kier alpha value is -2.53. The number of ether oxygens (including phenoxy) is 1. The summed E-state index contributed by atoms with van der Waals surface area (Å²) in [4.78, 5) is 27.4. The van der Waals surface area contributed by atoms with Gasteiger partial charge in [0.05, 0.1) is 13.5 Å². The van der Waals surface area contributed by atoms with Gasteiger partial charge in [0, 0.05) is 18.1 Å². The highest BCUT2D eigenvalue weighted by atomic mass is 35.5. The summed E-state index contributed by atoms with van der Waals surface area (Å²) in [5.41, 5.74) is 1.64. The zero-order valence-electron chi connectivity index (χ0n) is 16.6. The van der Waals surface area contributed by atoms with Crippen LogP contribution in [-0.4, -0.2) is 36.4 Å². The average molecular weight is 403 g/mol. The topological polar surface area (TPSA) is 58.6 Å². The van der Waals surface area contributed by atoms with Crippen LogP contribution >= 0.6 is 11.6 Å². The highest BCUT2D eigenvalue weighted by molar-refractivity contribution is 6.31. The number of benzene rings is 2. The lowest BCUT2D eigenvalue weighted by Gasteiger charge is -2.31. The van der Waals surface area contributed by atoms with Crippen molar-refractivity contribution in [1.29, 1.82) is 0 Å². The Bertz CT molecular complexity index is 810. The molecule has 0 aliphatic rings. The predicted molar refractivity (Wildman–Crippen MR) is 111 cm³/mol. The van der Waals surface area contributed by atoms with Gasteiger partial charge in [-0.2, -0.15) is 0 Å². The normalized spacial score (nSPS) is 11.6. The molecule has 1 unspecified atom stereocenters. The third-order valence-corrected chi connectivity index (χ3v) is 4.89. The first-order valence-corrected chi connectivity index (χ1v) is 9.81. The summed E-state index contributed by atoms with van der Waals surface area (Å²) < 4.78 is 5.28. The second-order valence-electron chi connectivity index (χ2n) is 6.46. The number of rotatable bonds is 9. The van der Waals surface area contributed by atoms with Crippen molar-refractivity contribution >= 4 is 23.4 Å². The lowest BCUT2D eigenvalue weighted by atomic mass is 10.1. The molecule has 2 aromatic carbocycles. The molecular formula is C22H27ClN2O3. The van der Waals surface area contributed by atoms with Gasteiger partial charge in [0.1, 0.15) is 11.8 Å². The third-order valence-electron chi connectivity index (χ3n) is 4.52. The van der Waals surface area contributed by atoms with E-state index in [1.807, 2.05) is 56.3 Å². The van der Waals surface area contributed by atoms with Crippen molar-refractivity contribution in [3.05, 3.63) is 64.7 Å². The summed E-state index contributed by atoms with van der Waals surface area (Å²) in [6.45, 7) is 4.60. The quantitative estimate of drug-likeness (QED) is 0.693. The van der Waals surface area contributed by atoms with E-state index >= 15 is 0 Å². The lowest BCUT2D eigenvalue weighted by Crippen LogP contribution is -2.49. The van der Waals surface area contributed by atoms with E-state index in [4.69, 9.17) is 16.3 Å². The molecule has 0 saturated carbocycles. The Kier molecular flexibility index (Phi) is 8.33. The second-order valence-corrected chi connectivity index (χ2v) is 6.87. The molecule has 0 aromatic heterocycles. The number of hydrogen-bond acceptors (Lipinski definition) is 3. The number of nitrogens with one attached hydrogen (secondary N) is 1. The van der Waals surface area contributed by atoms with Crippen molar-refractivity contribution < 1.29 is 14.3 Å². The van der Waals surface area contributed by atoms with Gasteiger partial charge in [0.2, 0.25) is 11.8 Å². The van der Waals surface area contributed by atoms with Crippen molar-refractivity contribution in [2.45, 2.75) is 39.3 Å². The maximum Gasteiger partial charge on any atom is 0.242 e. The van der Waals surface area contributed by atoms with Crippen LogP contribution in [0.4, 0.5) is 0 Å². The molecule has 150 valence electrons. The zero-order chi connectivity index (χ0) is 20.5. The summed E-state index contributed by atoms with van der Waals surface area (Å²) in [6.07, 6.45) is 0.656. The maximum atomic E-state index is 13.2. The van der Waals surface area contributed by atoms with Gasteiger partial charge in [-0.15, -0.1) is 0 Å². The van der Waals surface area contributed by atoms with Gasteiger partial charge in [-0.05, 0) is 42.7 Å². The number of amides is 2. The minimum atomic E-state index is -0.555. The number of carbonyl (C=O) groups excluding carboxylic acids is 2. The Morgan fingerprint density at radius 2 is 1.89 bits per heavy atom. The molecule has 1 N–H and O–H groups in total. The van der Waals surface area contributed by atoms with E-state index in [0.717, 1.165) is 11.1 Å². The second kappa shape index (κ2) is 10.7. The molecule has 0 spiro atoms. The van der Waals surface area contributed by atoms with Crippen LogP contribution in [0.2, 0.25) is 5.02 Å². The van der Waals surface area contributed by atoms with Gasteiger partial charge in [-0.25, -0.2) is 0 Å². The number of halogens is 1. The summed E-state index contributed by atoms with van der Waals surface area (Å²) in [6, 6.07) is 14.2. The van der Waals surface area contributed by atoms with Gasteiger partial charge in [-0.3, -0.25) is 9.59 Å². The number of hydrogen-bond donors (Lipinski definition) is 1. The molecule has 2 rings (SSSR count). The van der Waals surface area contributed by atoms with Crippen LogP contribution in [-0.2, 0) is 22.6 Å². The van der Waals surface area contributed by atoms with E-state index in [1.54, 1.807) is 18.1 Å². The molecule has 0 radical (unpaired) electrons. The summed E-state index contributed by atoms with van der Waals surface area (Å²) in [5.74, 6) is 0.413. The molecule has 0 fully saturated rings. The first-order chi connectivity index (χ1) is 13.5. The van der Waals surface area contributed by atoms with Gasteiger partial charge in [0.25, 0.3) is 0 Å². The smallest absolute Gasteiger partial charge is 0.242 e. The first kappa shape index (κ1) is 21.8. The molecule has 6 heteroatoms. The number of nitrogens with zero attached hydrogens (tertiary/aromatic N) is 1. The Morgan fingerprint density at radius 1 is 1.14 bits per heavy atom. The van der Waals surface area contributed by atoms with Gasteiger partial charge >= 0.3 is 0 Å². The Labute approximate surface area is 171 Å². The fourth-order valence-corrected chi connectivity index (χ4v) is 3.29. The van der Waals surface area contributed by atoms with Crippen molar-refractivity contribution in [3.8, 4) is 5.75 Å². The largest absolute Gasteiger partial charge is 0.497 e. The van der Waals surface area contributed by atoms with Gasteiger partial charge < -0.3 is 15.0 Å². The SMILES string of the molecule is CCNC(=O)C(CC)N(Cc1cccc(OC)c1)C(=O)Cc1ccccc1Cl. The molecule has 28 heavy (non-hydrogen) atoms. The molecule has 2 aromatic rings. The molecule has 5 nitrogen and oxygen atoms in total. The predicted octanol–water partition coefficient (Wildman–Crippen LogP) is 3.83. The molecule has 1 atom stereocenters. The highest BCUT2D eigenvalue weighted by Gasteiger charge is 2.28. The number of carbonyl (C=O) groups is 2. The highest BCUT2D eigenvalue weighted by Crippen LogP contribution is 2.20. The van der Waals surface area contributed by atoms with E-state index < -0.39 is 6.04 Å². The van der Waals surface area contributed by atoms with E-state index in [-0.39, 0.29) is 18.2 Å². The molecule has 0 bridgehead atoms. The monoisotopic (exact) mass is 402 g/mol. The van der Waals surface area contributed by atoms with E-state index in [1.165, 1.54) is 0 Å². The van der Waals surface area contributed by atoms with Crippen LogP contribution < -0.4 is 10.1 Å². The van der Waals surface area contributed by atoms with Crippen LogP contribution in [0.5, 0.6) is 5.75 Å². The van der Waals surface area contributed by atoms with Gasteiger partial charge in [-0.1, -0.05) is 48.9 Å². The minimum Gasteiger partial charge on any atom is -0.497 e. The van der Waals surface area contributed by atoms with Crippen LogP contribution in [0.15, 0.2) is 48.5 Å². The Morgan fingerprint density at radius 3 is 2.54 bits per heavy atom. The van der Waals surface area contributed by atoms with Gasteiger partial charge in [0.15, 0.2) is 0 Å². The summed E-state index contributed by atoms with van der Waals surface area (Å²) in [7, 11) is 1.60. The van der Waals surface area contributed by atoms with Crippen LogP contribution in [0.25, 0.3) is 0 Å². The maximum absolute atomic E-state index is 13.2. The standard InChI is InChI=1S/C22H27ClN2O3/c1-4-20(22(27)24-5-2)25(15-16-9-8-11-18(13-16)28-3)21(26)14-17-10-6-7-12-19(17)23/h6-13,20H,4-5,14-15H2,1-3H3,(H,24,27). The zero-order valence-corrected chi connectivity index (χ0v) is 17.3. The lowest BCUT2D eigenvalue weighted by molar-refractivity contribution is -0.140. The molecule has 0 heterocycles. The first-order valence-electron chi connectivity index (χ1n) is 9.43. The number of methoxy groups -OCH3 is 1. The molecule has 2 amide bonds. The van der Waals surface area contributed by atoms with Crippen molar-refractivity contribution in [3.63, 3.8) is 0 Å². The minimum absolute atomic E-state index is 0.138. The van der Waals surface area contributed by atoms with Crippen LogP contribution in [0, 0.1) is 0 Å². The Balaban J connectivity index is 2.32. The van der Waals surface area contributed by atoms with Crippen LogP contribution in [0.1, 0.15) is 31.4 Å². The van der Waals surface area contributed by atoms with E-state index in [2.05, 4.69) is 5.32 Å². The van der Waals surface area contributed by atoms with Crippen molar-refractivity contribution in [2.75, 3.05) is 13.7 Å². The van der Waals surface area contributed by atoms with Crippen molar-refractivity contribution in [1.82, 2.24) is 10.2 Å². The molecule has 0 aliphatic carbocycles. The average Bonchev–Trinajstić information content (AvgIpc) is 2.70. The summed E-state index contributed by atoms with van der Waals surface area (Å²) in [5, 5.41) is 3.38. The molecular weight excluding hydrogens is 376 g/mol. The third kappa shape index (κ3) is 5.73. The molecule has 0 aliphatic heterocycles. The number of likely N-dealkylation sites (N-methyl/N-ethyl adjacent to an activating group) is 1. The summed E-state index contributed by atoms with van der Waals surface area (Å²) >= 11 is 6.23. The fraction of sp³-hybridized carbons (Fsp3) is 0.364. The van der Waals surface area contributed by atoms with Crippen LogP contribution in [0.3, 0.4) is 0 Å². The van der Waals surface area contributed by atoms with E-state index in [0.29, 0.717) is 30.3 Å². The van der Waals surface area contributed by atoms with Crippen molar-refractivity contribution in [2.24, 2.45) is 0 Å². The molecule has 0 saturated heterocycles. The van der Waals surface area contributed by atoms with E-state index in [9.17, 15) is 9.59 Å². The fourth-order valence-electron chi connectivity index (χ4n) is 3.09.